The number of H-pyrrole nitrogens is 2. The fourth-order valence-electron chi connectivity index (χ4n) is 7.26. The number of hydrogen-bond donors (Lipinski definition) is 2. The van der Waals surface area contributed by atoms with E-state index in [9.17, 15) is 0 Å². The second kappa shape index (κ2) is 12.5. The number of fused-ring (bicyclic) bond motifs is 8. The van der Waals surface area contributed by atoms with Crippen LogP contribution in [0.25, 0.3) is 62.6 Å². The standard InChI is InChI=1S/C44H39N7/c1-49-19-13-30(14-20-49)40-39-28-36-12-11-34(46-36)25-33-9-10-35(45-33)26-37-27-38(29-7-5-4-6-8-29)43(47-37)42(32-17-23-51(3)24-18-32)44(48-39)41(40)31-15-21-50(2)22-16-31/h4-19,21,23,25-28,45,48H,20,22,24H2,1-3H3. The van der Waals surface area contributed by atoms with Crippen molar-refractivity contribution in [1.82, 2.24) is 34.6 Å². The van der Waals surface area contributed by atoms with E-state index in [1.54, 1.807) is 0 Å². The van der Waals surface area contributed by atoms with E-state index in [0.717, 1.165) is 97.9 Å². The molecule has 2 N–H and O–H groups in total. The van der Waals surface area contributed by atoms with Gasteiger partial charge in [-0.3, -0.25) is 0 Å². The van der Waals surface area contributed by atoms with E-state index in [1.807, 2.05) is 0 Å². The lowest BCUT2D eigenvalue weighted by Gasteiger charge is -2.22. The zero-order valence-electron chi connectivity index (χ0n) is 29.1. The Kier molecular flexibility index (Phi) is 7.54. The SMILES string of the molecule is CN1C=CC(c2c(C3=CCN(C)C=C3)c3[nH]c2cc2nc(cc4ccc(cc5nc(c3C3=CCN(C)C=C3)C(c3ccccc3)=C5)[nH]4)C=C2)=CC1. The van der Waals surface area contributed by atoms with Gasteiger partial charge in [0.05, 0.1) is 28.3 Å². The molecule has 0 saturated heterocycles. The maximum Gasteiger partial charge on any atom is 0.0815 e. The van der Waals surface area contributed by atoms with Crippen LogP contribution in [-0.4, -0.2) is 75.4 Å². The molecule has 1 aromatic carbocycles. The van der Waals surface area contributed by atoms with E-state index in [2.05, 4.69) is 180 Å². The Morgan fingerprint density at radius 2 is 1.12 bits per heavy atom. The molecule has 5 aliphatic rings. The molecule has 0 spiro atoms. The highest BCUT2D eigenvalue weighted by Gasteiger charge is 2.26. The molecule has 250 valence electrons. The van der Waals surface area contributed by atoms with Gasteiger partial charge < -0.3 is 24.7 Å². The van der Waals surface area contributed by atoms with Crippen LogP contribution in [0, 0.1) is 0 Å². The largest absolute Gasteiger partial charge is 0.377 e. The topological polar surface area (TPSA) is 67.1 Å². The Bertz CT molecular complexity index is 2490. The van der Waals surface area contributed by atoms with Crippen molar-refractivity contribution in [2.45, 2.75) is 0 Å². The minimum Gasteiger partial charge on any atom is -0.377 e. The zero-order chi connectivity index (χ0) is 34.5. The molecule has 4 aromatic rings. The Hall–Kier alpha value is -6.34. The molecule has 0 atom stereocenters. The van der Waals surface area contributed by atoms with Gasteiger partial charge in [-0.1, -0.05) is 48.6 Å². The summed E-state index contributed by atoms with van der Waals surface area (Å²) in [5, 5.41) is 0. The minimum absolute atomic E-state index is 0.799. The predicted octanol–water partition coefficient (Wildman–Crippen LogP) is 8.60. The number of aromatic amines is 2. The molecule has 5 aliphatic heterocycles. The fraction of sp³-hybridized carbons (Fsp3) is 0.136. The lowest BCUT2D eigenvalue weighted by Crippen LogP contribution is -2.15. The molecule has 9 rings (SSSR count). The molecule has 3 aromatic heterocycles. The Labute approximate surface area is 298 Å². The summed E-state index contributed by atoms with van der Waals surface area (Å²) in [4.78, 5) is 24.7. The third kappa shape index (κ3) is 5.87. The quantitative estimate of drug-likeness (QED) is 0.198. The number of rotatable bonds is 4. The molecular formula is C44H39N7. The number of likely N-dealkylation sites (N-methyl/N-ethyl adjacent to an activating group) is 3. The fourth-order valence-corrected chi connectivity index (χ4v) is 7.26. The Morgan fingerprint density at radius 3 is 1.73 bits per heavy atom. The molecule has 7 nitrogen and oxygen atoms in total. The first kappa shape index (κ1) is 30.7. The average molecular weight is 666 g/mol. The lowest BCUT2D eigenvalue weighted by atomic mass is 9.89. The van der Waals surface area contributed by atoms with Crippen molar-refractivity contribution in [2.75, 3.05) is 40.8 Å². The van der Waals surface area contributed by atoms with Gasteiger partial charge in [0.15, 0.2) is 0 Å². The molecule has 8 heterocycles. The van der Waals surface area contributed by atoms with Crippen molar-refractivity contribution in [3.05, 3.63) is 161 Å². The van der Waals surface area contributed by atoms with Crippen LogP contribution < -0.4 is 0 Å². The molecule has 0 unspecified atom stereocenters. The van der Waals surface area contributed by atoms with Crippen molar-refractivity contribution >= 4 is 62.6 Å². The highest BCUT2D eigenvalue weighted by Crippen LogP contribution is 2.43. The molecule has 8 bridgehead atoms. The summed E-state index contributed by atoms with van der Waals surface area (Å²) < 4.78 is 0. The summed E-state index contributed by atoms with van der Waals surface area (Å²) in [6.45, 7) is 2.44. The van der Waals surface area contributed by atoms with Crippen molar-refractivity contribution in [1.29, 1.82) is 0 Å². The lowest BCUT2D eigenvalue weighted by molar-refractivity contribution is 0.506. The van der Waals surface area contributed by atoms with Crippen LogP contribution in [0.3, 0.4) is 0 Å². The first-order valence-corrected chi connectivity index (χ1v) is 17.5. The first-order chi connectivity index (χ1) is 24.9. The average Bonchev–Trinajstić information content (AvgIpc) is 3.95. The van der Waals surface area contributed by atoms with Gasteiger partial charge >= 0.3 is 0 Å². The monoisotopic (exact) mass is 665 g/mol. The molecule has 0 radical (unpaired) electrons. The highest BCUT2D eigenvalue weighted by molar-refractivity contribution is 6.07. The molecule has 51 heavy (non-hydrogen) atoms. The van der Waals surface area contributed by atoms with Crippen LogP contribution in [0.2, 0.25) is 0 Å². The van der Waals surface area contributed by atoms with Crippen molar-refractivity contribution in [3.63, 3.8) is 0 Å². The zero-order valence-corrected chi connectivity index (χ0v) is 29.1. The Morgan fingerprint density at radius 1 is 0.549 bits per heavy atom. The van der Waals surface area contributed by atoms with Gasteiger partial charge in [0.1, 0.15) is 0 Å². The Balaban J connectivity index is 1.49. The van der Waals surface area contributed by atoms with Gasteiger partial charge in [-0.25, -0.2) is 9.97 Å². The van der Waals surface area contributed by atoms with E-state index < -0.39 is 0 Å². The molecule has 0 aliphatic carbocycles. The van der Waals surface area contributed by atoms with Crippen LogP contribution in [0.1, 0.15) is 45.0 Å². The van der Waals surface area contributed by atoms with Crippen LogP contribution >= 0.6 is 0 Å². The summed E-state index contributed by atoms with van der Waals surface area (Å²) in [5.74, 6) is 0. The highest BCUT2D eigenvalue weighted by atomic mass is 15.1. The smallest absolute Gasteiger partial charge is 0.0815 e. The summed E-state index contributed by atoms with van der Waals surface area (Å²) in [7, 11) is 6.33. The number of nitrogens with one attached hydrogen (secondary N) is 2. The van der Waals surface area contributed by atoms with Gasteiger partial charge in [0.2, 0.25) is 0 Å². The van der Waals surface area contributed by atoms with Crippen molar-refractivity contribution < 1.29 is 0 Å². The van der Waals surface area contributed by atoms with E-state index in [1.165, 1.54) is 11.1 Å². The second-order valence-corrected chi connectivity index (χ2v) is 13.7. The first-order valence-electron chi connectivity index (χ1n) is 17.5. The molecule has 7 heteroatoms. The summed E-state index contributed by atoms with van der Waals surface area (Å²) in [6.07, 6.45) is 26.6. The molecule has 0 fully saturated rings. The number of nitrogens with zero attached hydrogens (tertiary/aromatic N) is 5. The summed E-state index contributed by atoms with van der Waals surface area (Å²) in [5.41, 5.74) is 16.8. The van der Waals surface area contributed by atoms with Crippen LogP contribution in [-0.2, 0) is 0 Å². The van der Waals surface area contributed by atoms with E-state index in [-0.39, 0.29) is 0 Å². The predicted molar refractivity (Wildman–Crippen MR) is 213 cm³/mol. The van der Waals surface area contributed by atoms with Gasteiger partial charge in [-0.05, 0) is 108 Å². The van der Waals surface area contributed by atoms with E-state index in [0.29, 0.717) is 0 Å². The molecular weight excluding hydrogens is 627 g/mol. The van der Waals surface area contributed by atoms with Gasteiger partial charge in [0.25, 0.3) is 0 Å². The normalized spacial score (nSPS) is 16.7. The third-order valence-corrected chi connectivity index (χ3v) is 9.89. The van der Waals surface area contributed by atoms with E-state index in [4.69, 9.17) is 9.97 Å². The third-order valence-electron chi connectivity index (χ3n) is 9.89. The van der Waals surface area contributed by atoms with Gasteiger partial charge in [-0.15, -0.1) is 0 Å². The van der Waals surface area contributed by atoms with E-state index >= 15 is 0 Å². The molecule has 0 amide bonds. The van der Waals surface area contributed by atoms with Crippen molar-refractivity contribution in [2.24, 2.45) is 0 Å². The number of aromatic nitrogens is 4. The summed E-state index contributed by atoms with van der Waals surface area (Å²) in [6, 6.07) is 21.3. The number of benzene rings is 1. The maximum absolute atomic E-state index is 5.49. The number of hydrogen-bond acceptors (Lipinski definition) is 5. The number of allylic oxidation sites excluding steroid dienone is 6. The second-order valence-electron chi connectivity index (χ2n) is 13.7. The van der Waals surface area contributed by atoms with Gasteiger partial charge in [0, 0.05) is 79.6 Å². The molecule has 0 saturated carbocycles. The minimum atomic E-state index is 0.799. The summed E-state index contributed by atoms with van der Waals surface area (Å²) >= 11 is 0. The van der Waals surface area contributed by atoms with Crippen LogP contribution in [0.15, 0.2) is 116 Å². The maximum atomic E-state index is 5.49. The van der Waals surface area contributed by atoms with Crippen LogP contribution in [0.4, 0.5) is 0 Å². The van der Waals surface area contributed by atoms with Crippen LogP contribution in [0.5, 0.6) is 0 Å². The van der Waals surface area contributed by atoms with Gasteiger partial charge in [-0.2, -0.15) is 0 Å². The van der Waals surface area contributed by atoms with Crippen molar-refractivity contribution in [3.8, 4) is 0 Å².